The number of hydrogen-bond donors (Lipinski definition) is 1. The summed E-state index contributed by atoms with van der Waals surface area (Å²) >= 11 is 0. The van der Waals surface area contributed by atoms with Crippen LogP contribution in [-0.2, 0) is 10.0 Å². The molecule has 0 bridgehead atoms. The average Bonchev–Trinajstić information content (AvgIpc) is 2.83. The van der Waals surface area contributed by atoms with Crippen molar-refractivity contribution in [3.05, 3.63) is 77.5 Å². The van der Waals surface area contributed by atoms with Crippen LogP contribution in [0.1, 0.15) is 35.2 Å². The summed E-state index contributed by atoms with van der Waals surface area (Å²) in [6.07, 6.45) is 3.31. The fourth-order valence-electron chi connectivity index (χ4n) is 4.53. The van der Waals surface area contributed by atoms with Crippen molar-refractivity contribution in [3.63, 3.8) is 0 Å². The Balaban J connectivity index is 1.61. The van der Waals surface area contributed by atoms with Gasteiger partial charge in [0.15, 0.2) is 5.76 Å². The van der Waals surface area contributed by atoms with Gasteiger partial charge in [-0.25, -0.2) is 8.42 Å². The van der Waals surface area contributed by atoms with Gasteiger partial charge in [0.05, 0.1) is 0 Å². The molecule has 5 rings (SSSR count). The fourth-order valence-corrected chi connectivity index (χ4v) is 5.95. The summed E-state index contributed by atoms with van der Waals surface area (Å²) in [6, 6.07) is 17.8. The summed E-state index contributed by atoms with van der Waals surface area (Å²) in [5.41, 5.74) is 1.06. The second-order valence-electron chi connectivity index (χ2n) is 8.29. The van der Waals surface area contributed by atoms with Gasteiger partial charge in [0.2, 0.25) is 5.78 Å². The van der Waals surface area contributed by atoms with Crippen molar-refractivity contribution in [2.45, 2.75) is 24.2 Å². The summed E-state index contributed by atoms with van der Waals surface area (Å²) < 4.78 is 27.6. The minimum atomic E-state index is -3.99. The largest absolute Gasteiger partial charge is 0.505 e. The number of carbonyl (C=O) groups is 1. The average molecular weight is 449 g/mol. The highest BCUT2D eigenvalue weighted by molar-refractivity contribution is 7.89. The van der Waals surface area contributed by atoms with Gasteiger partial charge < -0.3 is 10.0 Å². The minimum absolute atomic E-state index is 0.0237. The number of likely N-dealkylation sites (N-methyl/N-ethyl adjacent to an activating group) is 1. The maximum atomic E-state index is 13.4. The van der Waals surface area contributed by atoms with E-state index in [1.54, 1.807) is 24.3 Å². The van der Waals surface area contributed by atoms with E-state index < -0.39 is 15.8 Å². The van der Waals surface area contributed by atoms with Crippen LogP contribution in [0.25, 0.3) is 16.5 Å². The van der Waals surface area contributed by atoms with Gasteiger partial charge in [0, 0.05) is 37.0 Å². The molecule has 7 heteroatoms. The first-order chi connectivity index (χ1) is 15.4. The molecule has 0 radical (unpaired) electrons. The van der Waals surface area contributed by atoms with E-state index in [0.717, 1.165) is 46.7 Å². The molecule has 2 aliphatic heterocycles. The first-order valence-corrected chi connectivity index (χ1v) is 12.2. The highest BCUT2D eigenvalue weighted by atomic mass is 32.2. The van der Waals surface area contributed by atoms with Crippen LogP contribution in [0.5, 0.6) is 0 Å². The molecule has 0 unspecified atom stereocenters. The number of rotatable bonds is 3. The van der Waals surface area contributed by atoms with Crippen LogP contribution < -0.4 is 4.90 Å². The first kappa shape index (κ1) is 20.6. The van der Waals surface area contributed by atoms with E-state index in [0.29, 0.717) is 5.56 Å². The SMILES string of the molecule is CN1C(C(=O)c2ccc3ccccc3c2)=C(O)c2ccc(N3CCCCC3)cc2S1(=O)=O. The van der Waals surface area contributed by atoms with Crippen LogP contribution in [0.3, 0.4) is 0 Å². The third-order valence-corrected chi connectivity index (χ3v) is 8.14. The summed E-state index contributed by atoms with van der Waals surface area (Å²) in [5.74, 6) is -0.856. The van der Waals surface area contributed by atoms with E-state index in [9.17, 15) is 18.3 Å². The molecule has 2 aliphatic rings. The standard InChI is InChI=1S/C25H24N2O4S/c1-26-23(24(28)19-10-9-17-7-3-4-8-18(17)15-19)25(29)21-12-11-20(16-22(21)32(26,30)31)27-13-5-2-6-14-27/h3-4,7-12,15-16,29H,2,5-6,13-14H2,1H3. The van der Waals surface area contributed by atoms with Crippen LogP contribution in [0.2, 0.25) is 0 Å². The van der Waals surface area contributed by atoms with Gasteiger partial charge in [-0.1, -0.05) is 36.4 Å². The molecular weight excluding hydrogens is 424 g/mol. The zero-order valence-corrected chi connectivity index (χ0v) is 18.6. The fraction of sp³-hybridized carbons (Fsp3) is 0.240. The Morgan fingerprint density at radius 1 is 0.906 bits per heavy atom. The molecule has 0 saturated carbocycles. The van der Waals surface area contributed by atoms with Gasteiger partial charge in [-0.15, -0.1) is 0 Å². The molecule has 1 fully saturated rings. The molecule has 1 N–H and O–H groups in total. The lowest BCUT2D eigenvalue weighted by Gasteiger charge is -2.32. The van der Waals surface area contributed by atoms with E-state index in [-0.39, 0.29) is 21.9 Å². The molecule has 0 aliphatic carbocycles. The van der Waals surface area contributed by atoms with Gasteiger partial charge in [-0.3, -0.25) is 9.10 Å². The van der Waals surface area contributed by atoms with Gasteiger partial charge in [-0.05, 0) is 54.3 Å². The molecule has 0 aromatic heterocycles. The van der Waals surface area contributed by atoms with Crippen molar-refractivity contribution in [1.29, 1.82) is 0 Å². The lowest BCUT2D eigenvalue weighted by Crippen LogP contribution is -2.35. The molecular formula is C25H24N2O4S. The third kappa shape index (κ3) is 3.24. The Bertz CT molecular complexity index is 1370. The maximum Gasteiger partial charge on any atom is 0.265 e. The van der Waals surface area contributed by atoms with Gasteiger partial charge in [0.25, 0.3) is 10.0 Å². The number of fused-ring (bicyclic) bond motifs is 2. The van der Waals surface area contributed by atoms with Crippen LogP contribution in [0.15, 0.2) is 71.3 Å². The maximum absolute atomic E-state index is 13.4. The molecule has 0 amide bonds. The number of Topliss-reactive ketones (excluding diaryl/α,β-unsaturated/α-hetero) is 1. The first-order valence-electron chi connectivity index (χ1n) is 10.7. The van der Waals surface area contributed by atoms with E-state index in [4.69, 9.17) is 0 Å². The quantitative estimate of drug-likeness (QED) is 0.594. The predicted molar refractivity (Wildman–Crippen MR) is 125 cm³/mol. The molecule has 32 heavy (non-hydrogen) atoms. The number of anilines is 1. The normalized spacial score (nSPS) is 18.0. The summed E-state index contributed by atoms with van der Waals surface area (Å²) in [6.45, 7) is 1.75. The number of piperidine rings is 1. The van der Waals surface area contributed by atoms with Gasteiger partial charge in [0.1, 0.15) is 10.6 Å². The Morgan fingerprint density at radius 3 is 2.38 bits per heavy atom. The number of sulfonamides is 1. The Kier molecular flexibility index (Phi) is 4.93. The summed E-state index contributed by atoms with van der Waals surface area (Å²) in [5, 5.41) is 12.9. The number of ketones is 1. The lowest BCUT2D eigenvalue weighted by atomic mass is 10.0. The predicted octanol–water partition coefficient (Wildman–Crippen LogP) is 4.57. The minimum Gasteiger partial charge on any atom is -0.505 e. The van der Waals surface area contributed by atoms with E-state index in [1.165, 1.54) is 13.5 Å². The number of hydrogen-bond acceptors (Lipinski definition) is 5. The van der Waals surface area contributed by atoms with Crippen molar-refractivity contribution in [2.24, 2.45) is 0 Å². The second kappa shape index (κ2) is 7.67. The molecule has 3 aromatic carbocycles. The Morgan fingerprint density at radius 2 is 1.62 bits per heavy atom. The summed E-state index contributed by atoms with van der Waals surface area (Å²) in [7, 11) is -2.68. The van der Waals surface area contributed by atoms with E-state index >= 15 is 0 Å². The van der Waals surface area contributed by atoms with Crippen molar-refractivity contribution in [1.82, 2.24) is 4.31 Å². The number of nitrogens with zero attached hydrogens (tertiary/aromatic N) is 2. The Labute approximate surface area is 187 Å². The van der Waals surface area contributed by atoms with E-state index in [2.05, 4.69) is 4.90 Å². The zero-order chi connectivity index (χ0) is 22.5. The molecule has 1 saturated heterocycles. The zero-order valence-electron chi connectivity index (χ0n) is 17.8. The smallest absolute Gasteiger partial charge is 0.265 e. The second-order valence-corrected chi connectivity index (χ2v) is 10.2. The molecule has 0 atom stereocenters. The van der Waals surface area contributed by atoms with Crippen molar-refractivity contribution in [2.75, 3.05) is 25.0 Å². The van der Waals surface area contributed by atoms with Crippen LogP contribution in [0.4, 0.5) is 5.69 Å². The third-order valence-electron chi connectivity index (χ3n) is 6.35. The van der Waals surface area contributed by atoms with Crippen LogP contribution in [0, 0.1) is 0 Å². The van der Waals surface area contributed by atoms with Crippen molar-refractivity contribution >= 4 is 38.0 Å². The Hall–Kier alpha value is -3.32. The molecule has 3 aromatic rings. The highest BCUT2D eigenvalue weighted by Crippen LogP contribution is 2.38. The van der Waals surface area contributed by atoms with Gasteiger partial charge in [-0.2, -0.15) is 0 Å². The van der Waals surface area contributed by atoms with Crippen molar-refractivity contribution < 1.29 is 18.3 Å². The topological polar surface area (TPSA) is 77.9 Å². The number of benzene rings is 3. The number of aliphatic hydroxyl groups is 1. The molecule has 6 nitrogen and oxygen atoms in total. The van der Waals surface area contributed by atoms with Crippen molar-refractivity contribution in [3.8, 4) is 0 Å². The van der Waals surface area contributed by atoms with Crippen LogP contribution >= 0.6 is 0 Å². The lowest BCUT2D eigenvalue weighted by molar-refractivity contribution is 0.101. The molecule has 164 valence electrons. The van der Waals surface area contributed by atoms with Gasteiger partial charge >= 0.3 is 0 Å². The monoisotopic (exact) mass is 448 g/mol. The van der Waals surface area contributed by atoms with Crippen LogP contribution in [-0.4, -0.2) is 43.7 Å². The number of allylic oxidation sites excluding steroid dienone is 1. The summed E-state index contributed by atoms with van der Waals surface area (Å²) in [4.78, 5) is 15.5. The highest BCUT2D eigenvalue weighted by Gasteiger charge is 2.38. The van der Waals surface area contributed by atoms with E-state index in [1.807, 2.05) is 36.4 Å². The molecule has 2 heterocycles. The number of aliphatic hydroxyl groups excluding tert-OH is 1. The number of carbonyl (C=O) groups excluding carboxylic acids is 1. The molecule has 0 spiro atoms.